The molecule has 8 heteroatoms. The molecule has 0 aromatic heterocycles. The van der Waals surface area contributed by atoms with Gasteiger partial charge in [0.2, 0.25) is 0 Å². The number of carboxylic acids is 1. The van der Waals surface area contributed by atoms with E-state index in [0.717, 1.165) is 0 Å². The number of aliphatic carboxylic acids is 1. The Morgan fingerprint density at radius 2 is 2.13 bits per heavy atom. The van der Waals surface area contributed by atoms with Gasteiger partial charge in [0.05, 0.1) is 10.3 Å². The Hall–Kier alpha value is -2.64. The quantitative estimate of drug-likeness (QED) is 0.652. The first-order valence-electron chi connectivity index (χ1n) is 7.21. The minimum absolute atomic E-state index is 0.0175. The van der Waals surface area contributed by atoms with Crippen molar-refractivity contribution in [2.45, 2.75) is 19.8 Å². The van der Waals surface area contributed by atoms with E-state index in [4.69, 9.17) is 4.74 Å². The average molecular weight is 322 g/mol. The minimum atomic E-state index is -0.966. The number of likely N-dealkylation sites (tertiary alicyclic amines) is 1. The highest BCUT2D eigenvalue weighted by atomic mass is 16.6. The molecule has 1 aliphatic rings. The molecule has 1 fully saturated rings. The fraction of sp³-hybridized carbons (Fsp3) is 0.467. The van der Waals surface area contributed by atoms with Crippen LogP contribution in [0.5, 0.6) is 5.75 Å². The lowest BCUT2D eigenvalue weighted by Gasteiger charge is -2.37. The van der Waals surface area contributed by atoms with E-state index >= 15 is 0 Å². The second-order valence-corrected chi connectivity index (χ2v) is 5.80. The van der Waals surface area contributed by atoms with Crippen molar-refractivity contribution in [1.29, 1.82) is 0 Å². The molecule has 0 radical (unpaired) electrons. The van der Waals surface area contributed by atoms with Gasteiger partial charge in [-0.2, -0.15) is 0 Å². The standard InChI is InChI=1S/C15H18N2O6/c1-15(14(19)20)7-4-8-16(10-15)13(18)9-23-12-6-3-2-5-11(12)17(21)22/h2-3,5-6H,4,7-10H2,1H3,(H,19,20). The van der Waals surface area contributed by atoms with Crippen molar-refractivity contribution in [1.82, 2.24) is 4.90 Å². The first-order chi connectivity index (χ1) is 10.8. The van der Waals surface area contributed by atoms with Gasteiger partial charge in [-0.05, 0) is 25.8 Å². The van der Waals surface area contributed by atoms with Crippen molar-refractivity contribution in [2.75, 3.05) is 19.7 Å². The number of ether oxygens (including phenoxy) is 1. The largest absolute Gasteiger partial charge is 0.481 e. The number of nitrogens with zero attached hydrogens (tertiary/aromatic N) is 2. The summed E-state index contributed by atoms with van der Waals surface area (Å²) in [6.45, 7) is 1.82. The number of hydrogen-bond acceptors (Lipinski definition) is 5. The van der Waals surface area contributed by atoms with E-state index in [-0.39, 0.29) is 30.5 Å². The zero-order valence-electron chi connectivity index (χ0n) is 12.7. The van der Waals surface area contributed by atoms with Gasteiger partial charge in [-0.3, -0.25) is 19.7 Å². The first kappa shape index (κ1) is 16.7. The molecule has 1 aromatic rings. The zero-order chi connectivity index (χ0) is 17.0. The summed E-state index contributed by atoms with van der Waals surface area (Å²) >= 11 is 0. The Balaban J connectivity index is 2.00. The summed E-state index contributed by atoms with van der Waals surface area (Å²) in [4.78, 5) is 35.2. The van der Waals surface area contributed by atoms with Crippen LogP contribution >= 0.6 is 0 Å². The van der Waals surface area contributed by atoms with Crippen LogP contribution in [0.15, 0.2) is 24.3 Å². The number of amides is 1. The highest BCUT2D eigenvalue weighted by molar-refractivity contribution is 5.80. The number of nitro benzene ring substituents is 1. The van der Waals surface area contributed by atoms with Crippen LogP contribution < -0.4 is 4.74 Å². The summed E-state index contributed by atoms with van der Waals surface area (Å²) < 4.78 is 5.26. The third kappa shape index (κ3) is 3.77. The topological polar surface area (TPSA) is 110 Å². The number of hydrogen-bond donors (Lipinski definition) is 1. The molecule has 1 heterocycles. The fourth-order valence-corrected chi connectivity index (χ4v) is 2.59. The Kier molecular flexibility index (Phi) is 4.83. The molecule has 0 spiro atoms. The number of para-hydroxylation sites is 2. The fourth-order valence-electron chi connectivity index (χ4n) is 2.59. The van der Waals surface area contributed by atoms with Crippen LogP contribution in [-0.4, -0.2) is 46.5 Å². The van der Waals surface area contributed by atoms with Crippen LogP contribution in [0.3, 0.4) is 0 Å². The average Bonchev–Trinajstić information content (AvgIpc) is 2.52. The molecule has 1 N–H and O–H groups in total. The molecule has 1 unspecified atom stereocenters. The second-order valence-electron chi connectivity index (χ2n) is 5.80. The van der Waals surface area contributed by atoms with Crippen molar-refractivity contribution >= 4 is 17.6 Å². The van der Waals surface area contributed by atoms with Crippen molar-refractivity contribution in [3.05, 3.63) is 34.4 Å². The summed E-state index contributed by atoms with van der Waals surface area (Å²) in [5.74, 6) is -1.30. The van der Waals surface area contributed by atoms with Gasteiger partial charge in [-0.15, -0.1) is 0 Å². The lowest BCUT2D eigenvalue weighted by Crippen LogP contribution is -2.49. The molecule has 2 rings (SSSR count). The minimum Gasteiger partial charge on any atom is -0.481 e. The normalized spacial score (nSPS) is 20.8. The van der Waals surface area contributed by atoms with Crippen molar-refractivity contribution < 1.29 is 24.4 Å². The highest BCUT2D eigenvalue weighted by Gasteiger charge is 2.39. The van der Waals surface area contributed by atoms with Crippen LogP contribution in [0.4, 0.5) is 5.69 Å². The first-order valence-corrected chi connectivity index (χ1v) is 7.21. The Morgan fingerprint density at radius 1 is 1.43 bits per heavy atom. The molecule has 1 atom stereocenters. The van der Waals surface area contributed by atoms with E-state index in [1.165, 1.54) is 23.1 Å². The molecule has 1 saturated heterocycles. The smallest absolute Gasteiger partial charge is 0.311 e. The summed E-state index contributed by atoms with van der Waals surface area (Å²) in [6, 6.07) is 5.80. The molecule has 0 saturated carbocycles. The van der Waals surface area contributed by atoms with Gasteiger partial charge in [0.25, 0.3) is 5.91 Å². The monoisotopic (exact) mass is 322 g/mol. The van der Waals surface area contributed by atoms with Gasteiger partial charge < -0.3 is 14.7 Å². The Labute approximate surface area is 132 Å². The van der Waals surface area contributed by atoms with Crippen molar-refractivity contribution in [2.24, 2.45) is 5.41 Å². The summed E-state index contributed by atoms with van der Waals surface area (Å²) in [6.07, 6.45) is 1.11. The molecule has 1 aromatic carbocycles. The Morgan fingerprint density at radius 3 is 2.78 bits per heavy atom. The summed E-state index contributed by atoms with van der Waals surface area (Å²) in [7, 11) is 0. The predicted octanol–water partition coefficient (Wildman–Crippen LogP) is 1.69. The zero-order valence-corrected chi connectivity index (χ0v) is 12.7. The third-order valence-corrected chi connectivity index (χ3v) is 3.98. The van der Waals surface area contributed by atoms with E-state index in [1.54, 1.807) is 13.0 Å². The molecule has 0 aliphatic carbocycles. The molecular formula is C15H18N2O6. The maximum atomic E-state index is 12.2. The maximum absolute atomic E-state index is 12.2. The van der Waals surface area contributed by atoms with Crippen molar-refractivity contribution in [3.8, 4) is 5.75 Å². The van der Waals surface area contributed by atoms with Crippen molar-refractivity contribution in [3.63, 3.8) is 0 Å². The van der Waals surface area contributed by atoms with E-state index in [0.29, 0.717) is 19.4 Å². The van der Waals surface area contributed by atoms with Gasteiger partial charge in [0.15, 0.2) is 12.4 Å². The SMILES string of the molecule is CC1(C(=O)O)CCCN(C(=O)COc2ccccc2[N+](=O)[O-])C1. The maximum Gasteiger partial charge on any atom is 0.311 e. The van der Waals surface area contributed by atoms with Gasteiger partial charge in [-0.1, -0.05) is 12.1 Å². The molecule has 124 valence electrons. The lowest BCUT2D eigenvalue weighted by atomic mass is 9.82. The van der Waals surface area contributed by atoms with Gasteiger partial charge in [0.1, 0.15) is 0 Å². The summed E-state index contributed by atoms with van der Waals surface area (Å²) in [5.41, 5.74) is -1.18. The highest BCUT2D eigenvalue weighted by Crippen LogP contribution is 2.30. The van der Waals surface area contributed by atoms with Crippen LogP contribution in [0.1, 0.15) is 19.8 Å². The van der Waals surface area contributed by atoms with Gasteiger partial charge in [0, 0.05) is 19.2 Å². The van der Waals surface area contributed by atoms with E-state index in [1.807, 2.05) is 0 Å². The van der Waals surface area contributed by atoms with Crippen LogP contribution in [0.2, 0.25) is 0 Å². The molecule has 8 nitrogen and oxygen atoms in total. The van der Waals surface area contributed by atoms with Crippen LogP contribution in [0, 0.1) is 15.5 Å². The van der Waals surface area contributed by atoms with Crippen LogP contribution in [0.25, 0.3) is 0 Å². The molecule has 1 aliphatic heterocycles. The molecule has 23 heavy (non-hydrogen) atoms. The number of benzene rings is 1. The number of rotatable bonds is 5. The molecular weight excluding hydrogens is 304 g/mol. The lowest BCUT2D eigenvalue weighted by molar-refractivity contribution is -0.385. The van der Waals surface area contributed by atoms with Crippen LogP contribution in [-0.2, 0) is 9.59 Å². The van der Waals surface area contributed by atoms with E-state index < -0.39 is 16.3 Å². The predicted molar refractivity (Wildman–Crippen MR) is 80.1 cm³/mol. The van der Waals surface area contributed by atoms with E-state index in [9.17, 15) is 24.8 Å². The molecule has 1 amide bonds. The third-order valence-electron chi connectivity index (χ3n) is 3.98. The summed E-state index contributed by atoms with van der Waals surface area (Å²) in [5, 5.41) is 20.2. The second kappa shape index (κ2) is 6.64. The van der Waals surface area contributed by atoms with Gasteiger partial charge >= 0.3 is 11.7 Å². The number of carbonyl (C=O) groups excluding carboxylic acids is 1. The van der Waals surface area contributed by atoms with E-state index in [2.05, 4.69) is 0 Å². The number of carbonyl (C=O) groups is 2. The number of piperidine rings is 1. The molecule has 0 bridgehead atoms. The van der Waals surface area contributed by atoms with Gasteiger partial charge in [-0.25, -0.2) is 0 Å². The number of nitro groups is 1. The Bertz CT molecular complexity index is 632. The number of carboxylic acid groups (broad SMARTS) is 1.